The van der Waals surface area contributed by atoms with Gasteiger partial charge in [-0.05, 0) is 42.9 Å². The van der Waals surface area contributed by atoms with Crippen LogP contribution in [-0.2, 0) is 17.8 Å². The van der Waals surface area contributed by atoms with Gasteiger partial charge in [-0.15, -0.1) is 11.3 Å². The smallest absolute Gasteiger partial charge is 0.339 e. The zero-order valence-electron chi connectivity index (χ0n) is 15.4. The van der Waals surface area contributed by atoms with Crippen LogP contribution in [0, 0.1) is 5.92 Å². The molecule has 2 aromatic heterocycles. The monoisotopic (exact) mass is 402 g/mol. The van der Waals surface area contributed by atoms with E-state index in [1.165, 1.54) is 36.5 Å². The lowest BCUT2D eigenvalue weighted by molar-refractivity contribution is -0.133. The third-order valence-corrected chi connectivity index (χ3v) is 6.67. The number of carboxylic acids is 1. The van der Waals surface area contributed by atoms with Crippen molar-refractivity contribution in [3.8, 4) is 0 Å². The molecule has 0 spiro atoms. The second-order valence-corrected chi connectivity index (χ2v) is 8.47. The number of nitrogens with one attached hydrogen (secondary N) is 1. The average Bonchev–Trinajstić information content (AvgIpc) is 3.41. The molecule has 1 aliphatic carbocycles. The molecule has 0 radical (unpaired) electrons. The summed E-state index contributed by atoms with van der Waals surface area (Å²) in [5, 5.41) is 12.6. The summed E-state index contributed by atoms with van der Waals surface area (Å²) in [7, 11) is 0. The molecule has 1 saturated carbocycles. The van der Waals surface area contributed by atoms with E-state index in [-0.39, 0.29) is 17.2 Å². The van der Waals surface area contributed by atoms with Gasteiger partial charge in [0.25, 0.3) is 5.91 Å². The van der Waals surface area contributed by atoms with E-state index in [1.807, 2.05) is 4.90 Å². The lowest BCUT2D eigenvalue weighted by Crippen LogP contribution is -2.36. The van der Waals surface area contributed by atoms with Crippen molar-refractivity contribution in [2.45, 2.75) is 45.1 Å². The zero-order chi connectivity index (χ0) is 19.7. The van der Waals surface area contributed by atoms with Gasteiger partial charge in [0.2, 0.25) is 5.91 Å². The Morgan fingerprint density at radius 1 is 1.29 bits per heavy atom. The summed E-state index contributed by atoms with van der Waals surface area (Å²) in [5.41, 5.74) is 0.847. The number of anilines is 1. The molecule has 2 amide bonds. The molecular weight excluding hydrogens is 380 g/mol. The number of fused-ring (bicyclic) bond motifs is 1. The van der Waals surface area contributed by atoms with Crippen LogP contribution >= 0.6 is 11.3 Å². The van der Waals surface area contributed by atoms with E-state index in [2.05, 4.69) is 5.32 Å². The first-order valence-corrected chi connectivity index (χ1v) is 10.3. The number of hydrogen-bond acceptors (Lipinski definition) is 5. The van der Waals surface area contributed by atoms with Crippen LogP contribution in [0.5, 0.6) is 0 Å². The van der Waals surface area contributed by atoms with Gasteiger partial charge in [-0.3, -0.25) is 9.59 Å². The normalized spacial score (nSPS) is 16.8. The highest BCUT2D eigenvalue weighted by molar-refractivity contribution is 7.17. The molecular formula is C20H22N2O5S. The van der Waals surface area contributed by atoms with Crippen LogP contribution in [0.25, 0.3) is 0 Å². The quantitative estimate of drug-likeness (QED) is 0.793. The topological polar surface area (TPSA) is 99.9 Å². The van der Waals surface area contributed by atoms with Gasteiger partial charge < -0.3 is 19.7 Å². The van der Waals surface area contributed by atoms with Gasteiger partial charge in [0.1, 0.15) is 5.00 Å². The fraction of sp³-hybridized carbons (Fsp3) is 0.450. The van der Waals surface area contributed by atoms with Gasteiger partial charge in [0.05, 0.1) is 18.4 Å². The van der Waals surface area contributed by atoms with Crippen molar-refractivity contribution in [1.82, 2.24) is 4.90 Å². The molecule has 2 aromatic rings. The number of carboxylic acid groups (broad SMARTS) is 1. The number of carbonyl (C=O) groups is 3. The van der Waals surface area contributed by atoms with Crippen LogP contribution in [0.3, 0.4) is 0 Å². The number of amides is 2. The van der Waals surface area contributed by atoms with E-state index in [9.17, 15) is 19.5 Å². The van der Waals surface area contributed by atoms with Gasteiger partial charge >= 0.3 is 5.97 Å². The second-order valence-electron chi connectivity index (χ2n) is 7.36. The molecule has 2 N–H and O–H groups in total. The van der Waals surface area contributed by atoms with Crippen molar-refractivity contribution in [2.75, 3.05) is 11.9 Å². The molecule has 1 fully saturated rings. The minimum absolute atomic E-state index is 0.121. The largest absolute Gasteiger partial charge is 0.478 e. The molecule has 8 heteroatoms. The highest BCUT2D eigenvalue weighted by Crippen LogP contribution is 2.38. The number of hydrogen-bond donors (Lipinski definition) is 2. The standard InChI is InChI=1S/C20H22N2O5S/c23-16(10-12-4-1-2-5-12)22-8-7-13-15(11-22)28-19(17(13)20(25)26)21-18(24)14-6-3-9-27-14/h3,6,9,12H,1-2,4-5,7-8,10-11H2,(H,21,24)(H,25,26). The Bertz CT molecular complexity index is 896. The van der Waals surface area contributed by atoms with Crippen molar-refractivity contribution >= 4 is 34.1 Å². The van der Waals surface area contributed by atoms with Crippen molar-refractivity contribution in [3.05, 3.63) is 40.2 Å². The first-order valence-electron chi connectivity index (χ1n) is 9.53. The first kappa shape index (κ1) is 18.7. The fourth-order valence-corrected chi connectivity index (χ4v) is 5.34. The molecule has 0 unspecified atom stereocenters. The summed E-state index contributed by atoms with van der Waals surface area (Å²) in [6, 6.07) is 3.12. The highest BCUT2D eigenvalue weighted by Gasteiger charge is 2.31. The zero-order valence-corrected chi connectivity index (χ0v) is 16.2. The molecule has 148 valence electrons. The third kappa shape index (κ3) is 3.69. The SMILES string of the molecule is O=C(Nc1sc2c(c1C(=O)O)CCN(C(=O)CC1CCCC1)C2)c1ccco1. The molecule has 0 bridgehead atoms. The molecule has 2 aliphatic rings. The van der Waals surface area contributed by atoms with Gasteiger partial charge in [-0.25, -0.2) is 4.79 Å². The fourth-order valence-electron chi connectivity index (χ4n) is 4.09. The van der Waals surface area contributed by atoms with Gasteiger partial charge in [0, 0.05) is 17.8 Å². The molecule has 7 nitrogen and oxygen atoms in total. The number of furan rings is 1. The maximum absolute atomic E-state index is 12.7. The van der Waals surface area contributed by atoms with E-state index in [0.29, 0.717) is 36.9 Å². The van der Waals surface area contributed by atoms with Crippen LogP contribution in [0.4, 0.5) is 5.00 Å². The van der Waals surface area contributed by atoms with Crippen LogP contribution in [0.15, 0.2) is 22.8 Å². The van der Waals surface area contributed by atoms with Crippen LogP contribution in [0.1, 0.15) is 63.5 Å². The summed E-state index contributed by atoms with van der Waals surface area (Å²) in [4.78, 5) is 39.4. The number of rotatable bonds is 5. The van der Waals surface area contributed by atoms with Crippen LogP contribution in [-0.4, -0.2) is 34.3 Å². The predicted octanol–water partition coefficient (Wildman–Crippen LogP) is 3.76. The Hall–Kier alpha value is -2.61. The number of thiophene rings is 1. The first-order chi connectivity index (χ1) is 13.5. The minimum Gasteiger partial charge on any atom is -0.478 e. The summed E-state index contributed by atoms with van der Waals surface area (Å²) in [6.45, 7) is 0.920. The van der Waals surface area contributed by atoms with Crippen molar-refractivity contribution in [3.63, 3.8) is 0 Å². The minimum atomic E-state index is -1.07. The molecule has 28 heavy (non-hydrogen) atoms. The number of nitrogens with zero attached hydrogens (tertiary/aromatic N) is 1. The predicted molar refractivity (Wildman–Crippen MR) is 104 cm³/mol. The molecule has 0 aromatic carbocycles. The Balaban J connectivity index is 1.52. The van der Waals surface area contributed by atoms with Crippen LogP contribution in [0.2, 0.25) is 0 Å². The van der Waals surface area contributed by atoms with E-state index in [4.69, 9.17) is 4.42 Å². The molecule has 0 atom stereocenters. The Kier molecular flexibility index (Phi) is 5.21. The average molecular weight is 402 g/mol. The number of aromatic carboxylic acids is 1. The molecule has 0 saturated heterocycles. The van der Waals surface area contributed by atoms with Crippen molar-refractivity contribution < 1.29 is 23.9 Å². The van der Waals surface area contributed by atoms with Crippen LogP contribution < -0.4 is 5.32 Å². The Labute approximate surface area is 166 Å². The lowest BCUT2D eigenvalue weighted by atomic mass is 10.00. The summed E-state index contributed by atoms with van der Waals surface area (Å²) in [5.74, 6) is -0.812. The maximum atomic E-state index is 12.7. The maximum Gasteiger partial charge on any atom is 0.339 e. The number of carbonyl (C=O) groups excluding carboxylic acids is 2. The van der Waals surface area contributed by atoms with Gasteiger partial charge in [-0.2, -0.15) is 0 Å². The summed E-state index contributed by atoms with van der Waals surface area (Å²) in [6.07, 6.45) is 7.10. The molecule has 4 rings (SSSR count). The highest BCUT2D eigenvalue weighted by atomic mass is 32.1. The Morgan fingerprint density at radius 2 is 2.07 bits per heavy atom. The molecule has 1 aliphatic heterocycles. The summed E-state index contributed by atoms with van der Waals surface area (Å²) >= 11 is 1.23. The van der Waals surface area contributed by atoms with Gasteiger partial charge in [0.15, 0.2) is 5.76 Å². The van der Waals surface area contributed by atoms with E-state index >= 15 is 0 Å². The molecule has 3 heterocycles. The van der Waals surface area contributed by atoms with Crippen molar-refractivity contribution in [1.29, 1.82) is 0 Å². The van der Waals surface area contributed by atoms with Gasteiger partial charge in [-0.1, -0.05) is 12.8 Å². The lowest BCUT2D eigenvalue weighted by Gasteiger charge is -2.28. The van der Waals surface area contributed by atoms with Crippen molar-refractivity contribution in [2.24, 2.45) is 5.92 Å². The van der Waals surface area contributed by atoms with E-state index in [0.717, 1.165) is 23.3 Å². The third-order valence-electron chi connectivity index (χ3n) is 5.53. The summed E-state index contributed by atoms with van der Waals surface area (Å²) < 4.78 is 5.07. The van der Waals surface area contributed by atoms with E-state index in [1.54, 1.807) is 6.07 Å². The second kappa shape index (κ2) is 7.79. The Morgan fingerprint density at radius 3 is 2.75 bits per heavy atom. The van der Waals surface area contributed by atoms with E-state index < -0.39 is 11.9 Å².